The van der Waals surface area contributed by atoms with Gasteiger partial charge in [-0.25, -0.2) is 5.43 Å². The summed E-state index contributed by atoms with van der Waals surface area (Å²) in [6, 6.07) is 9.84. The highest BCUT2D eigenvalue weighted by atomic mass is 16.2. The molecule has 1 aromatic rings. The van der Waals surface area contributed by atoms with Crippen molar-refractivity contribution in [2.75, 3.05) is 0 Å². The molecule has 2 aliphatic rings. The fourth-order valence-corrected chi connectivity index (χ4v) is 2.51. The molecule has 0 saturated carbocycles. The summed E-state index contributed by atoms with van der Waals surface area (Å²) < 4.78 is 0. The monoisotopic (exact) mass is 252 g/mol. The zero-order chi connectivity index (χ0) is 13.1. The van der Waals surface area contributed by atoms with Gasteiger partial charge in [0.15, 0.2) is 0 Å². The summed E-state index contributed by atoms with van der Waals surface area (Å²) in [5.41, 5.74) is 5.03. The highest BCUT2D eigenvalue weighted by molar-refractivity contribution is 6.30. The van der Waals surface area contributed by atoms with Gasteiger partial charge in [-0.15, -0.1) is 0 Å². The predicted molar refractivity (Wildman–Crippen MR) is 75.7 cm³/mol. The Hall–Kier alpha value is -2.16. The van der Waals surface area contributed by atoms with Gasteiger partial charge in [0.25, 0.3) is 5.91 Å². The van der Waals surface area contributed by atoms with Crippen LogP contribution in [-0.4, -0.2) is 11.6 Å². The maximum Gasteiger partial charge on any atom is 0.273 e. The Morgan fingerprint density at radius 3 is 2.79 bits per heavy atom. The topological polar surface area (TPSA) is 41.5 Å². The third-order valence-corrected chi connectivity index (χ3v) is 3.53. The molecule has 1 atom stereocenters. The Labute approximate surface area is 112 Å². The zero-order valence-corrected chi connectivity index (χ0v) is 10.7. The Kier molecular flexibility index (Phi) is 3.27. The molecule has 1 heterocycles. The van der Waals surface area contributed by atoms with Gasteiger partial charge >= 0.3 is 0 Å². The van der Waals surface area contributed by atoms with Gasteiger partial charge in [-0.1, -0.05) is 48.6 Å². The van der Waals surface area contributed by atoms with E-state index in [9.17, 15) is 4.79 Å². The van der Waals surface area contributed by atoms with Crippen LogP contribution in [0.1, 0.15) is 24.8 Å². The van der Waals surface area contributed by atoms with E-state index in [1.54, 1.807) is 0 Å². The first-order chi connectivity index (χ1) is 9.34. The largest absolute Gasteiger partial charge is 0.273 e. The summed E-state index contributed by atoms with van der Waals surface area (Å²) in [6.07, 6.45) is 9.69. The summed E-state index contributed by atoms with van der Waals surface area (Å²) in [6.45, 7) is 0. The highest BCUT2D eigenvalue weighted by Crippen LogP contribution is 2.23. The number of rotatable bonds is 2. The number of nitrogens with one attached hydrogen (secondary N) is 1. The van der Waals surface area contributed by atoms with Crippen LogP contribution >= 0.6 is 0 Å². The second-order valence-electron chi connectivity index (χ2n) is 4.89. The lowest BCUT2D eigenvalue weighted by Crippen LogP contribution is -2.15. The molecule has 0 bridgehead atoms. The summed E-state index contributed by atoms with van der Waals surface area (Å²) >= 11 is 0. The van der Waals surface area contributed by atoms with Crippen LogP contribution in [0.25, 0.3) is 0 Å². The van der Waals surface area contributed by atoms with E-state index in [0.717, 1.165) is 30.5 Å². The Bertz CT molecular complexity index is 570. The maximum atomic E-state index is 11.9. The van der Waals surface area contributed by atoms with E-state index in [0.29, 0.717) is 11.5 Å². The number of benzene rings is 1. The first-order valence-corrected chi connectivity index (χ1v) is 6.65. The van der Waals surface area contributed by atoms with Crippen LogP contribution in [0.3, 0.4) is 0 Å². The zero-order valence-electron chi connectivity index (χ0n) is 10.7. The van der Waals surface area contributed by atoms with Gasteiger partial charge in [0.2, 0.25) is 0 Å². The summed E-state index contributed by atoms with van der Waals surface area (Å²) in [5.74, 6) is 0.353. The number of carbonyl (C=O) groups is 1. The first kappa shape index (κ1) is 11.9. The van der Waals surface area contributed by atoms with Crippen LogP contribution in [0.2, 0.25) is 0 Å². The summed E-state index contributed by atoms with van der Waals surface area (Å²) in [5, 5.41) is 4.16. The van der Waals surface area contributed by atoms with Crippen molar-refractivity contribution >= 4 is 11.6 Å². The number of hydrogen-bond donors (Lipinski definition) is 1. The van der Waals surface area contributed by atoms with Crippen molar-refractivity contribution < 1.29 is 4.79 Å². The minimum Gasteiger partial charge on any atom is -0.267 e. The summed E-state index contributed by atoms with van der Waals surface area (Å²) in [7, 11) is 0. The molecule has 96 valence electrons. The molecule has 1 unspecified atom stereocenters. The molecular formula is C16H16N2O. The summed E-state index contributed by atoms with van der Waals surface area (Å²) in [4.78, 5) is 11.9. The van der Waals surface area contributed by atoms with Crippen LogP contribution in [-0.2, 0) is 4.79 Å². The quantitative estimate of drug-likeness (QED) is 0.638. The lowest BCUT2D eigenvalue weighted by molar-refractivity contribution is -0.116. The number of nitrogens with zero attached hydrogens (tertiary/aromatic N) is 1. The Morgan fingerprint density at radius 2 is 2.05 bits per heavy atom. The minimum absolute atomic E-state index is 0.0894. The van der Waals surface area contributed by atoms with Gasteiger partial charge in [-0.3, -0.25) is 4.79 Å². The fourth-order valence-electron chi connectivity index (χ4n) is 2.51. The van der Waals surface area contributed by atoms with E-state index >= 15 is 0 Å². The molecule has 0 aromatic heterocycles. The van der Waals surface area contributed by atoms with Gasteiger partial charge < -0.3 is 0 Å². The van der Waals surface area contributed by atoms with Gasteiger partial charge in [0.1, 0.15) is 5.71 Å². The Balaban J connectivity index is 1.90. The van der Waals surface area contributed by atoms with Gasteiger partial charge in [-0.2, -0.15) is 5.10 Å². The maximum absolute atomic E-state index is 11.9. The van der Waals surface area contributed by atoms with Crippen molar-refractivity contribution in [3.05, 3.63) is 59.7 Å². The van der Waals surface area contributed by atoms with Gasteiger partial charge in [0.05, 0.1) is 5.57 Å². The van der Waals surface area contributed by atoms with Crippen molar-refractivity contribution in [1.29, 1.82) is 0 Å². The second-order valence-corrected chi connectivity index (χ2v) is 4.89. The molecule has 1 amide bonds. The van der Waals surface area contributed by atoms with E-state index in [4.69, 9.17) is 0 Å². The normalized spacial score (nSPS) is 24.4. The van der Waals surface area contributed by atoms with Crippen molar-refractivity contribution in [2.24, 2.45) is 11.0 Å². The van der Waals surface area contributed by atoms with Crippen molar-refractivity contribution in [3.8, 4) is 0 Å². The number of hydrogen-bond acceptors (Lipinski definition) is 2. The minimum atomic E-state index is -0.0894. The lowest BCUT2D eigenvalue weighted by atomic mass is 9.90. The molecule has 1 aliphatic carbocycles. The molecule has 1 aliphatic heterocycles. The van der Waals surface area contributed by atoms with Crippen LogP contribution < -0.4 is 5.43 Å². The predicted octanol–water partition coefficient (Wildman–Crippen LogP) is 2.80. The van der Waals surface area contributed by atoms with Gasteiger partial charge in [-0.05, 0) is 25.2 Å². The molecule has 0 saturated heterocycles. The molecule has 0 radical (unpaired) electrons. The van der Waals surface area contributed by atoms with E-state index < -0.39 is 0 Å². The first-order valence-electron chi connectivity index (χ1n) is 6.65. The number of allylic oxidation sites excluding steroid dienone is 3. The molecule has 19 heavy (non-hydrogen) atoms. The van der Waals surface area contributed by atoms with E-state index in [1.807, 2.05) is 30.3 Å². The van der Waals surface area contributed by atoms with Crippen LogP contribution in [0.4, 0.5) is 0 Å². The molecule has 0 fully saturated rings. The molecule has 0 spiro atoms. The molecule has 1 aromatic carbocycles. The third kappa shape index (κ3) is 2.50. The van der Waals surface area contributed by atoms with E-state index in [-0.39, 0.29) is 5.91 Å². The number of amides is 1. The SMILES string of the molecule is O=C1NN=C(c2ccccc2)/C1=C/C1CC=CCC1. The smallest absolute Gasteiger partial charge is 0.267 e. The van der Waals surface area contributed by atoms with Crippen molar-refractivity contribution in [1.82, 2.24) is 5.43 Å². The van der Waals surface area contributed by atoms with Crippen molar-refractivity contribution in [2.45, 2.75) is 19.3 Å². The molecule has 3 nitrogen and oxygen atoms in total. The third-order valence-electron chi connectivity index (χ3n) is 3.53. The number of carbonyl (C=O) groups excluding carboxylic acids is 1. The van der Waals surface area contributed by atoms with Crippen molar-refractivity contribution in [3.63, 3.8) is 0 Å². The van der Waals surface area contributed by atoms with Gasteiger partial charge in [0, 0.05) is 5.56 Å². The second kappa shape index (κ2) is 5.22. The van der Waals surface area contributed by atoms with Crippen LogP contribution in [0.5, 0.6) is 0 Å². The molecule has 1 N–H and O–H groups in total. The average molecular weight is 252 g/mol. The molecular weight excluding hydrogens is 236 g/mol. The number of hydrazone groups is 1. The molecule has 3 rings (SSSR count). The van der Waals surface area contributed by atoms with Crippen LogP contribution in [0, 0.1) is 5.92 Å². The van der Waals surface area contributed by atoms with E-state index in [2.05, 4.69) is 28.8 Å². The molecule has 3 heteroatoms. The fraction of sp³-hybridized carbons (Fsp3) is 0.250. The standard InChI is InChI=1S/C16H16N2O/c19-16-14(11-12-7-3-1-4-8-12)15(17-18-16)13-9-5-2-6-10-13/h1-3,5-6,9-12H,4,7-8H2,(H,18,19)/b14-11-. The Morgan fingerprint density at radius 1 is 1.21 bits per heavy atom. The highest BCUT2D eigenvalue weighted by Gasteiger charge is 2.25. The average Bonchev–Trinajstić information content (AvgIpc) is 2.82. The van der Waals surface area contributed by atoms with E-state index in [1.165, 1.54) is 0 Å². The van der Waals surface area contributed by atoms with Crippen LogP contribution in [0.15, 0.2) is 59.2 Å². The lowest BCUT2D eigenvalue weighted by Gasteiger charge is -2.14.